The number of rotatable bonds is 8. The topological polar surface area (TPSA) is 29.5 Å². The van der Waals surface area contributed by atoms with Crippen LogP contribution in [0.4, 0.5) is 0 Å². The van der Waals surface area contributed by atoms with E-state index in [1.807, 2.05) is 43.3 Å². The van der Waals surface area contributed by atoms with Crippen molar-refractivity contribution in [1.82, 2.24) is 4.90 Å². The molecule has 150 valence electrons. The zero-order valence-electron chi connectivity index (χ0n) is 16.2. The third kappa shape index (κ3) is 6.60. The van der Waals surface area contributed by atoms with Gasteiger partial charge in [-0.15, -0.1) is 0 Å². The molecule has 1 atom stereocenters. The van der Waals surface area contributed by atoms with E-state index in [-0.39, 0.29) is 6.10 Å². The summed E-state index contributed by atoms with van der Waals surface area (Å²) in [5.41, 5.74) is 2.74. The molecule has 0 amide bonds. The zero-order chi connectivity index (χ0) is 20.6. The first-order valence-electron chi connectivity index (χ1n) is 9.47. The zero-order valence-corrected chi connectivity index (χ0v) is 17.7. The van der Waals surface area contributed by atoms with Crippen LogP contribution in [0, 0.1) is 0 Å². The van der Waals surface area contributed by atoms with Gasteiger partial charge in [0.2, 0.25) is 0 Å². The average Bonchev–Trinajstić information content (AvgIpc) is 2.69. The van der Waals surface area contributed by atoms with E-state index in [1.54, 1.807) is 18.2 Å². The highest BCUT2D eigenvalue weighted by molar-refractivity contribution is 6.36. The van der Waals surface area contributed by atoms with Crippen molar-refractivity contribution in [3.05, 3.63) is 106 Å². The van der Waals surface area contributed by atoms with E-state index < -0.39 is 5.97 Å². The lowest BCUT2D eigenvalue weighted by Gasteiger charge is -2.26. The van der Waals surface area contributed by atoms with Gasteiger partial charge in [0.15, 0.2) is 0 Å². The van der Waals surface area contributed by atoms with Crippen molar-refractivity contribution in [2.75, 3.05) is 6.54 Å². The Morgan fingerprint density at radius 2 is 1.45 bits per heavy atom. The smallest absolute Gasteiger partial charge is 0.339 e. The fourth-order valence-corrected chi connectivity index (χ4v) is 3.66. The van der Waals surface area contributed by atoms with Gasteiger partial charge in [-0.05, 0) is 36.2 Å². The Bertz CT molecular complexity index is 891. The lowest BCUT2D eigenvalue weighted by atomic mass is 10.1. The number of nitrogens with zero attached hydrogens (tertiary/aromatic N) is 1. The minimum atomic E-state index is -0.446. The van der Waals surface area contributed by atoms with Crippen molar-refractivity contribution < 1.29 is 9.53 Å². The Labute approximate surface area is 181 Å². The molecule has 0 radical (unpaired) electrons. The summed E-state index contributed by atoms with van der Waals surface area (Å²) < 4.78 is 5.65. The Kier molecular flexibility index (Phi) is 7.70. The molecule has 0 N–H and O–H groups in total. The van der Waals surface area contributed by atoms with Crippen molar-refractivity contribution in [3.63, 3.8) is 0 Å². The lowest BCUT2D eigenvalue weighted by Crippen LogP contribution is -2.33. The first-order valence-corrected chi connectivity index (χ1v) is 10.2. The molecule has 29 heavy (non-hydrogen) atoms. The van der Waals surface area contributed by atoms with Gasteiger partial charge in [-0.3, -0.25) is 4.90 Å². The van der Waals surface area contributed by atoms with E-state index in [0.717, 1.165) is 13.1 Å². The fraction of sp³-hybridized carbons (Fsp3) is 0.208. The van der Waals surface area contributed by atoms with Crippen LogP contribution in [-0.2, 0) is 17.8 Å². The molecule has 0 saturated carbocycles. The van der Waals surface area contributed by atoms with Gasteiger partial charge in [0.1, 0.15) is 6.10 Å². The molecule has 3 nitrogen and oxygen atoms in total. The molecule has 3 rings (SSSR count). The first-order chi connectivity index (χ1) is 14.0. The highest BCUT2D eigenvalue weighted by Crippen LogP contribution is 2.22. The number of esters is 1. The predicted molar refractivity (Wildman–Crippen MR) is 118 cm³/mol. The van der Waals surface area contributed by atoms with Crippen molar-refractivity contribution in [2.45, 2.75) is 26.1 Å². The van der Waals surface area contributed by atoms with Gasteiger partial charge in [-0.1, -0.05) is 83.9 Å². The number of hydrogen-bond acceptors (Lipinski definition) is 3. The number of carbonyl (C=O) groups excluding carboxylic acids is 1. The van der Waals surface area contributed by atoms with Crippen molar-refractivity contribution in [1.29, 1.82) is 0 Å². The van der Waals surface area contributed by atoms with Crippen LogP contribution in [-0.4, -0.2) is 23.5 Å². The van der Waals surface area contributed by atoms with E-state index in [9.17, 15) is 4.79 Å². The monoisotopic (exact) mass is 427 g/mol. The number of carbonyl (C=O) groups is 1. The Balaban J connectivity index is 1.67. The summed E-state index contributed by atoms with van der Waals surface area (Å²) >= 11 is 12.0. The van der Waals surface area contributed by atoms with E-state index in [0.29, 0.717) is 22.2 Å². The standard InChI is InChI=1S/C24H23Cl2NO2/c1-18(29-24(28)22-13-12-21(25)14-23(22)26)15-27(16-19-8-4-2-5-9-19)17-20-10-6-3-7-11-20/h2-14,18H,15-17H2,1H3. The van der Waals surface area contributed by atoms with Crippen LogP contribution in [0.3, 0.4) is 0 Å². The normalized spacial score (nSPS) is 12.0. The maximum Gasteiger partial charge on any atom is 0.339 e. The molecule has 3 aromatic rings. The minimum Gasteiger partial charge on any atom is -0.458 e. The van der Waals surface area contributed by atoms with Crippen LogP contribution in [0.1, 0.15) is 28.4 Å². The molecule has 0 saturated heterocycles. The first kappa shape index (κ1) is 21.4. The fourth-order valence-electron chi connectivity index (χ4n) is 3.17. The summed E-state index contributed by atoms with van der Waals surface area (Å²) in [5, 5.41) is 0.775. The largest absolute Gasteiger partial charge is 0.458 e. The minimum absolute atomic E-state index is 0.292. The van der Waals surface area contributed by atoms with Crippen molar-refractivity contribution >= 4 is 29.2 Å². The Morgan fingerprint density at radius 3 is 1.97 bits per heavy atom. The third-order valence-electron chi connectivity index (χ3n) is 4.47. The highest BCUT2D eigenvalue weighted by Gasteiger charge is 2.18. The molecule has 0 aliphatic rings. The van der Waals surface area contributed by atoms with Crippen LogP contribution in [0.5, 0.6) is 0 Å². The van der Waals surface area contributed by atoms with E-state index in [2.05, 4.69) is 29.2 Å². The molecule has 0 fully saturated rings. The summed E-state index contributed by atoms with van der Waals surface area (Å²) in [6, 6.07) is 25.3. The molecule has 0 aliphatic heterocycles. The van der Waals surface area contributed by atoms with Gasteiger partial charge >= 0.3 is 5.97 Å². The number of benzene rings is 3. The second kappa shape index (κ2) is 10.4. The summed E-state index contributed by atoms with van der Waals surface area (Å²) in [7, 11) is 0. The third-order valence-corrected chi connectivity index (χ3v) is 5.02. The van der Waals surface area contributed by atoms with Gasteiger partial charge < -0.3 is 4.74 Å². The predicted octanol–water partition coefficient (Wildman–Crippen LogP) is 6.24. The summed E-state index contributed by atoms with van der Waals surface area (Å²) in [5.74, 6) is -0.446. The number of hydrogen-bond donors (Lipinski definition) is 0. The summed E-state index contributed by atoms with van der Waals surface area (Å²) in [6.07, 6.45) is -0.304. The van der Waals surface area contributed by atoms with E-state index in [1.165, 1.54) is 11.1 Å². The van der Waals surface area contributed by atoms with Gasteiger partial charge in [0, 0.05) is 24.7 Å². The van der Waals surface area contributed by atoms with E-state index in [4.69, 9.17) is 27.9 Å². The Morgan fingerprint density at radius 1 is 0.897 bits per heavy atom. The summed E-state index contributed by atoms with van der Waals surface area (Å²) in [6.45, 7) is 4.02. The second-order valence-corrected chi connectivity index (χ2v) is 7.82. The van der Waals surface area contributed by atoms with Crippen LogP contribution >= 0.6 is 23.2 Å². The van der Waals surface area contributed by atoms with Crippen molar-refractivity contribution in [2.24, 2.45) is 0 Å². The molecule has 3 aromatic carbocycles. The molecule has 0 bridgehead atoms. The maximum absolute atomic E-state index is 12.5. The van der Waals surface area contributed by atoms with Crippen LogP contribution < -0.4 is 0 Å². The van der Waals surface area contributed by atoms with Crippen molar-refractivity contribution in [3.8, 4) is 0 Å². The molecular weight excluding hydrogens is 405 g/mol. The molecular formula is C24H23Cl2NO2. The molecule has 0 aromatic heterocycles. The van der Waals surface area contributed by atoms with Crippen LogP contribution in [0.2, 0.25) is 10.0 Å². The van der Waals surface area contributed by atoms with Gasteiger partial charge in [-0.2, -0.15) is 0 Å². The molecule has 0 spiro atoms. The quantitative estimate of drug-likeness (QED) is 0.398. The second-order valence-electron chi connectivity index (χ2n) is 6.98. The summed E-state index contributed by atoms with van der Waals surface area (Å²) in [4.78, 5) is 14.8. The number of ether oxygens (including phenoxy) is 1. The average molecular weight is 428 g/mol. The molecule has 5 heteroatoms. The van der Waals surface area contributed by atoms with Crippen LogP contribution in [0.15, 0.2) is 78.9 Å². The number of halogens is 2. The Hall–Kier alpha value is -2.33. The van der Waals surface area contributed by atoms with Gasteiger partial charge in [-0.25, -0.2) is 4.79 Å². The molecule has 0 aliphatic carbocycles. The highest BCUT2D eigenvalue weighted by atomic mass is 35.5. The van der Waals surface area contributed by atoms with Gasteiger partial charge in [0.25, 0.3) is 0 Å². The molecule has 0 heterocycles. The van der Waals surface area contributed by atoms with E-state index >= 15 is 0 Å². The lowest BCUT2D eigenvalue weighted by molar-refractivity contribution is 0.0237. The molecule has 1 unspecified atom stereocenters. The SMILES string of the molecule is CC(CN(Cc1ccccc1)Cc1ccccc1)OC(=O)c1ccc(Cl)cc1Cl. The van der Waals surface area contributed by atoms with Crippen LogP contribution in [0.25, 0.3) is 0 Å². The van der Waals surface area contributed by atoms with Gasteiger partial charge in [0.05, 0.1) is 10.6 Å². The maximum atomic E-state index is 12.5.